The van der Waals surface area contributed by atoms with Gasteiger partial charge in [-0.3, -0.25) is 4.98 Å². The lowest BCUT2D eigenvalue weighted by Gasteiger charge is -2.08. The zero-order chi connectivity index (χ0) is 13.9. The number of methoxy groups -OCH3 is 1. The van der Waals surface area contributed by atoms with E-state index < -0.39 is 0 Å². The van der Waals surface area contributed by atoms with E-state index >= 15 is 0 Å². The smallest absolute Gasteiger partial charge is 0.119 e. The number of ether oxygens (including phenoxy) is 1. The van der Waals surface area contributed by atoms with Gasteiger partial charge in [0.15, 0.2) is 0 Å². The van der Waals surface area contributed by atoms with Crippen LogP contribution in [0.4, 0.5) is 0 Å². The first-order chi connectivity index (χ1) is 9.78. The Morgan fingerprint density at radius 2 is 1.80 bits per heavy atom. The molecule has 20 heavy (non-hydrogen) atoms. The van der Waals surface area contributed by atoms with E-state index in [2.05, 4.69) is 16.1 Å². The molecule has 0 atom stereocenters. The molecule has 0 fully saturated rings. The first-order valence-corrected chi connectivity index (χ1v) is 6.39. The molecule has 3 rings (SSSR count). The van der Waals surface area contributed by atoms with Crippen LogP contribution in [-0.2, 0) is 0 Å². The topological polar surface area (TPSA) is 39.9 Å². The van der Waals surface area contributed by atoms with Crippen molar-refractivity contribution in [2.75, 3.05) is 7.11 Å². The minimum absolute atomic E-state index is 0.833. The molecule has 0 bridgehead atoms. The maximum absolute atomic E-state index is 5.17. The molecular formula is C16H15N3O. The molecule has 1 aromatic carbocycles. The molecule has 2 heterocycles. The van der Waals surface area contributed by atoms with E-state index in [-0.39, 0.29) is 0 Å². The highest BCUT2D eigenvalue weighted by molar-refractivity contribution is 5.61. The summed E-state index contributed by atoms with van der Waals surface area (Å²) in [5.74, 6) is 0.833. The van der Waals surface area contributed by atoms with Crippen molar-refractivity contribution in [3.63, 3.8) is 0 Å². The summed E-state index contributed by atoms with van der Waals surface area (Å²) in [4.78, 5) is 4.34. The maximum Gasteiger partial charge on any atom is 0.119 e. The van der Waals surface area contributed by atoms with E-state index in [0.29, 0.717) is 0 Å². The first-order valence-electron chi connectivity index (χ1n) is 6.39. The minimum Gasteiger partial charge on any atom is -0.497 e. The van der Waals surface area contributed by atoms with Gasteiger partial charge in [-0.15, -0.1) is 0 Å². The van der Waals surface area contributed by atoms with Crippen LogP contribution in [0, 0.1) is 6.92 Å². The van der Waals surface area contributed by atoms with E-state index in [0.717, 1.165) is 28.4 Å². The molecule has 0 radical (unpaired) electrons. The number of benzene rings is 1. The fraction of sp³-hybridized carbons (Fsp3) is 0.125. The highest BCUT2D eigenvalue weighted by Gasteiger charge is 2.07. The number of aryl methyl sites for hydroxylation is 1. The molecule has 3 aromatic rings. The van der Waals surface area contributed by atoms with Crippen LogP contribution in [0.2, 0.25) is 0 Å². The van der Waals surface area contributed by atoms with Gasteiger partial charge in [-0.2, -0.15) is 5.10 Å². The highest BCUT2D eigenvalue weighted by Crippen LogP contribution is 2.23. The molecule has 0 saturated carbocycles. The number of pyridine rings is 1. The normalized spacial score (nSPS) is 10.5. The summed E-state index contributed by atoms with van der Waals surface area (Å²) in [7, 11) is 1.66. The predicted octanol–water partition coefficient (Wildman–Crippen LogP) is 3.25. The van der Waals surface area contributed by atoms with Crippen molar-refractivity contribution in [2.24, 2.45) is 0 Å². The van der Waals surface area contributed by atoms with Crippen LogP contribution >= 0.6 is 0 Å². The first kappa shape index (κ1) is 12.4. The third-order valence-corrected chi connectivity index (χ3v) is 3.17. The van der Waals surface area contributed by atoms with Gasteiger partial charge in [-0.25, -0.2) is 4.68 Å². The minimum atomic E-state index is 0.833. The fourth-order valence-corrected chi connectivity index (χ4v) is 2.07. The Hall–Kier alpha value is -2.62. The summed E-state index contributed by atoms with van der Waals surface area (Å²) in [6.45, 7) is 1.98. The van der Waals surface area contributed by atoms with Gasteiger partial charge in [0.05, 0.1) is 24.7 Å². The molecule has 100 valence electrons. The molecular weight excluding hydrogens is 250 g/mol. The largest absolute Gasteiger partial charge is 0.497 e. The molecule has 0 amide bonds. The number of rotatable bonds is 3. The van der Waals surface area contributed by atoms with Gasteiger partial charge >= 0.3 is 0 Å². The summed E-state index contributed by atoms with van der Waals surface area (Å²) in [6, 6.07) is 13.9. The average molecular weight is 265 g/mol. The molecule has 0 aliphatic heterocycles. The Morgan fingerprint density at radius 1 is 1.00 bits per heavy atom. The Balaban J connectivity index is 2.02. The van der Waals surface area contributed by atoms with Crippen molar-refractivity contribution in [1.82, 2.24) is 14.8 Å². The second kappa shape index (κ2) is 5.17. The molecule has 0 aliphatic carbocycles. The molecule has 4 nitrogen and oxygen atoms in total. The predicted molar refractivity (Wildman–Crippen MR) is 78.1 cm³/mol. The van der Waals surface area contributed by atoms with Crippen molar-refractivity contribution in [1.29, 1.82) is 0 Å². The molecule has 4 heteroatoms. The molecule has 0 aliphatic rings. The van der Waals surface area contributed by atoms with E-state index in [1.54, 1.807) is 13.3 Å². The van der Waals surface area contributed by atoms with Crippen LogP contribution in [-0.4, -0.2) is 21.9 Å². The van der Waals surface area contributed by atoms with Gasteiger partial charge in [0.25, 0.3) is 0 Å². The standard InChI is InChI=1S/C16H15N3O/c1-12-3-4-13(11-17-12)16-9-10-18-19(16)14-5-7-15(20-2)8-6-14/h3-11H,1-2H3. The van der Waals surface area contributed by atoms with Crippen LogP contribution in [0.3, 0.4) is 0 Å². The number of hydrogen-bond acceptors (Lipinski definition) is 3. The van der Waals surface area contributed by atoms with Crippen molar-refractivity contribution < 1.29 is 4.74 Å². The third-order valence-electron chi connectivity index (χ3n) is 3.17. The Kier molecular flexibility index (Phi) is 3.21. The number of aromatic nitrogens is 3. The van der Waals surface area contributed by atoms with E-state index in [1.807, 2.05) is 54.2 Å². The lowest BCUT2D eigenvalue weighted by Crippen LogP contribution is -1.99. The summed E-state index contributed by atoms with van der Waals surface area (Å²) in [5.41, 5.74) is 4.06. The van der Waals surface area contributed by atoms with Crippen LogP contribution in [0.15, 0.2) is 54.9 Å². The second-order valence-electron chi connectivity index (χ2n) is 4.51. The van der Waals surface area contributed by atoms with Gasteiger partial charge in [0.1, 0.15) is 5.75 Å². The van der Waals surface area contributed by atoms with E-state index in [1.165, 1.54) is 0 Å². The summed E-state index contributed by atoms with van der Waals surface area (Å²) >= 11 is 0. The maximum atomic E-state index is 5.17. The summed E-state index contributed by atoms with van der Waals surface area (Å²) in [5, 5.41) is 4.39. The SMILES string of the molecule is COc1ccc(-n2nccc2-c2ccc(C)nc2)cc1. The molecule has 0 saturated heterocycles. The second-order valence-corrected chi connectivity index (χ2v) is 4.51. The van der Waals surface area contributed by atoms with Gasteiger partial charge < -0.3 is 4.74 Å². The molecule has 2 aromatic heterocycles. The summed E-state index contributed by atoms with van der Waals surface area (Å²) < 4.78 is 7.07. The molecule has 0 unspecified atom stereocenters. The lowest BCUT2D eigenvalue weighted by atomic mass is 10.2. The molecule has 0 N–H and O–H groups in total. The van der Waals surface area contributed by atoms with E-state index in [9.17, 15) is 0 Å². The van der Waals surface area contributed by atoms with Crippen LogP contribution in [0.25, 0.3) is 16.9 Å². The Labute approximate surface area is 117 Å². The lowest BCUT2D eigenvalue weighted by molar-refractivity contribution is 0.414. The zero-order valence-corrected chi connectivity index (χ0v) is 11.4. The van der Waals surface area contributed by atoms with Crippen LogP contribution in [0.1, 0.15) is 5.69 Å². The Bertz CT molecular complexity index is 699. The number of nitrogens with zero attached hydrogens (tertiary/aromatic N) is 3. The Morgan fingerprint density at radius 3 is 2.45 bits per heavy atom. The average Bonchev–Trinajstić information content (AvgIpc) is 2.97. The van der Waals surface area contributed by atoms with Crippen molar-refractivity contribution in [3.8, 4) is 22.7 Å². The van der Waals surface area contributed by atoms with Gasteiger partial charge in [-0.1, -0.05) is 0 Å². The fourth-order valence-electron chi connectivity index (χ4n) is 2.07. The van der Waals surface area contributed by atoms with Crippen LogP contribution in [0.5, 0.6) is 5.75 Å². The van der Waals surface area contributed by atoms with Gasteiger partial charge in [-0.05, 0) is 49.4 Å². The van der Waals surface area contributed by atoms with Crippen molar-refractivity contribution >= 4 is 0 Å². The molecule has 0 spiro atoms. The van der Waals surface area contributed by atoms with Crippen molar-refractivity contribution in [2.45, 2.75) is 6.92 Å². The van der Waals surface area contributed by atoms with Gasteiger partial charge in [0.2, 0.25) is 0 Å². The van der Waals surface area contributed by atoms with Crippen molar-refractivity contribution in [3.05, 3.63) is 60.6 Å². The monoisotopic (exact) mass is 265 g/mol. The number of hydrogen-bond donors (Lipinski definition) is 0. The third kappa shape index (κ3) is 2.28. The van der Waals surface area contributed by atoms with E-state index in [4.69, 9.17) is 4.74 Å². The quantitative estimate of drug-likeness (QED) is 0.729. The highest BCUT2D eigenvalue weighted by atomic mass is 16.5. The summed E-state index contributed by atoms with van der Waals surface area (Å²) in [6.07, 6.45) is 3.66. The van der Waals surface area contributed by atoms with Crippen LogP contribution < -0.4 is 4.74 Å². The zero-order valence-electron chi connectivity index (χ0n) is 11.4. The van der Waals surface area contributed by atoms with Gasteiger partial charge in [0, 0.05) is 17.5 Å².